The first-order chi connectivity index (χ1) is 11.2. The van der Waals surface area contributed by atoms with Crippen LogP contribution in [0.15, 0.2) is 36.4 Å². The van der Waals surface area contributed by atoms with E-state index in [1.165, 1.54) is 12.8 Å². The van der Waals surface area contributed by atoms with Crippen LogP contribution in [0.25, 0.3) is 10.8 Å². The summed E-state index contributed by atoms with van der Waals surface area (Å²) in [6.45, 7) is 1.02. The van der Waals surface area contributed by atoms with E-state index in [9.17, 15) is 4.79 Å². The SMILES string of the molecule is O=C1OC(CO)CN1c1ccc2cc(OCC3CC3)ccc2c1. The van der Waals surface area contributed by atoms with Crippen molar-refractivity contribution in [1.82, 2.24) is 0 Å². The third-order valence-electron chi connectivity index (χ3n) is 4.37. The van der Waals surface area contributed by atoms with Crippen molar-refractivity contribution in [3.63, 3.8) is 0 Å². The van der Waals surface area contributed by atoms with Crippen LogP contribution < -0.4 is 9.64 Å². The first kappa shape index (κ1) is 14.3. The molecular formula is C18H19NO4. The average molecular weight is 313 g/mol. The van der Waals surface area contributed by atoms with Crippen molar-refractivity contribution >= 4 is 22.6 Å². The number of carbonyl (C=O) groups excluding carboxylic acids is 1. The summed E-state index contributed by atoms with van der Waals surface area (Å²) in [5, 5.41) is 11.2. The minimum atomic E-state index is -0.448. The van der Waals surface area contributed by atoms with Gasteiger partial charge in [-0.25, -0.2) is 4.79 Å². The van der Waals surface area contributed by atoms with Crippen LogP contribution in [0.5, 0.6) is 5.75 Å². The van der Waals surface area contributed by atoms with Gasteiger partial charge < -0.3 is 14.6 Å². The summed E-state index contributed by atoms with van der Waals surface area (Å²) in [6, 6.07) is 11.8. The number of ether oxygens (including phenoxy) is 2. The summed E-state index contributed by atoms with van der Waals surface area (Å²) >= 11 is 0. The topological polar surface area (TPSA) is 59.0 Å². The molecule has 2 aromatic rings. The zero-order chi connectivity index (χ0) is 15.8. The Bertz CT molecular complexity index is 741. The highest BCUT2D eigenvalue weighted by molar-refractivity contribution is 5.94. The highest BCUT2D eigenvalue weighted by Gasteiger charge is 2.31. The smallest absolute Gasteiger partial charge is 0.414 e. The quantitative estimate of drug-likeness (QED) is 0.922. The molecule has 1 heterocycles. The standard InChI is InChI=1S/C18H19NO4/c20-10-17-9-19(18(21)23-17)15-5-3-14-8-16(6-4-13(14)7-15)22-11-12-1-2-12/h3-8,12,17,20H,1-2,9-11H2. The first-order valence-electron chi connectivity index (χ1n) is 7.98. The number of nitrogens with zero attached hydrogens (tertiary/aromatic N) is 1. The molecule has 23 heavy (non-hydrogen) atoms. The second kappa shape index (κ2) is 5.74. The fourth-order valence-corrected chi connectivity index (χ4v) is 2.79. The molecule has 0 bridgehead atoms. The van der Waals surface area contributed by atoms with Crippen LogP contribution in [0, 0.1) is 5.92 Å². The molecule has 1 N–H and O–H groups in total. The number of hydrogen-bond donors (Lipinski definition) is 1. The molecule has 1 saturated carbocycles. The molecule has 1 atom stereocenters. The van der Waals surface area contributed by atoms with Crippen LogP contribution in [0.4, 0.5) is 10.5 Å². The molecule has 5 nitrogen and oxygen atoms in total. The summed E-state index contributed by atoms with van der Waals surface area (Å²) in [4.78, 5) is 13.4. The Morgan fingerprint density at radius 3 is 2.70 bits per heavy atom. The Hall–Kier alpha value is -2.27. The maximum Gasteiger partial charge on any atom is 0.414 e. The first-order valence-corrected chi connectivity index (χ1v) is 7.98. The Morgan fingerprint density at radius 2 is 1.96 bits per heavy atom. The number of aliphatic hydroxyl groups is 1. The van der Waals surface area contributed by atoms with Gasteiger partial charge in [-0.05, 0) is 53.8 Å². The predicted molar refractivity (Wildman–Crippen MR) is 86.9 cm³/mol. The van der Waals surface area contributed by atoms with Gasteiger partial charge in [0.2, 0.25) is 0 Å². The molecule has 1 aliphatic heterocycles. The van der Waals surface area contributed by atoms with Crippen molar-refractivity contribution in [2.24, 2.45) is 5.92 Å². The van der Waals surface area contributed by atoms with E-state index in [1.807, 2.05) is 36.4 Å². The van der Waals surface area contributed by atoms with Gasteiger partial charge >= 0.3 is 6.09 Å². The summed E-state index contributed by atoms with van der Waals surface area (Å²) in [5.41, 5.74) is 0.782. The number of cyclic esters (lactones) is 1. The molecule has 5 heteroatoms. The minimum absolute atomic E-state index is 0.155. The highest BCUT2D eigenvalue weighted by atomic mass is 16.6. The number of rotatable bonds is 5. The molecule has 1 saturated heterocycles. The van der Waals surface area contributed by atoms with Gasteiger partial charge in [0.05, 0.1) is 19.8 Å². The average Bonchev–Trinajstić information content (AvgIpc) is 3.33. The van der Waals surface area contributed by atoms with Crippen LogP contribution in [0.1, 0.15) is 12.8 Å². The minimum Gasteiger partial charge on any atom is -0.493 e. The molecule has 0 spiro atoms. The number of fused-ring (bicyclic) bond motifs is 1. The highest BCUT2D eigenvalue weighted by Crippen LogP contribution is 2.31. The number of carbonyl (C=O) groups is 1. The normalized spacial score (nSPS) is 20.8. The van der Waals surface area contributed by atoms with Gasteiger partial charge in [0, 0.05) is 5.69 Å². The number of anilines is 1. The van der Waals surface area contributed by atoms with Crippen molar-refractivity contribution in [2.75, 3.05) is 24.7 Å². The third-order valence-corrected chi connectivity index (χ3v) is 4.37. The fourth-order valence-electron chi connectivity index (χ4n) is 2.79. The molecule has 1 amide bonds. The lowest BCUT2D eigenvalue weighted by Crippen LogP contribution is -2.25. The molecule has 2 aromatic carbocycles. The fraction of sp³-hybridized carbons (Fsp3) is 0.389. The van der Waals surface area contributed by atoms with Gasteiger partial charge in [0.15, 0.2) is 0 Å². The van der Waals surface area contributed by atoms with Crippen LogP contribution >= 0.6 is 0 Å². The summed E-state index contributed by atoms with van der Waals surface area (Å²) < 4.78 is 10.9. The van der Waals surface area contributed by atoms with Crippen molar-refractivity contribution in [2.45, 2.75) is 18.9 Å². The lowest BCUT2D eigenvalue weighted by molar-refractivity contribution is 0.0963. The zero-order valence-corrected chi connectivity index (χ0v) is 12.8. The van der Waals surface area contributed by atoms with Crippen LogP contribution in [-0.2, 0) is 4.74 Å². The van der Waals surface area contributed by atoms with E-state index in [1.54, 1.807) is 4.90 Å². The van der Waals surface area contributed by atoms with Gasteiger partial charge in [-0.15, -0.1) is 0 Å². The Kier molecular flexibility index (Phi) is 3.58. The monoisotopic (exact) mass is 313 g/mol. The van der Waals surface area contributed by atoms with Gasteiger partial charge in [-0.3, -0.25) is 4.90 Å². The largest absolute Gasteiger partial charge is 0.493 e. The van der Waals surface area contributed by atoms with Crippen molar-refractivity contribution in [3.05, 3.63) is 36.4 Å². The summed E-state index contributed by atoms with van der Waals surface area (Å²) in [5.74, 6) is 1.62. The maximum absolute atomic E-state index is 11.9. The molecule has 0 aromatic heterocycles. The number of hydrogen-bond acceptors (Lipinski definition) is 4. The molecule has 1 unspecified atom stereocenters. The lowest BCUT2D eigenvalue weighted by Gasteiger charge is -2.14. The Morgan fingerprint density at radius 1 is 1.17 bits per heavy atom. The van der Waals surface area contributed by atoms with E-state index in [2.05, 4.69) is 0 Å². The molecule has 0 radical (unpaired) electrons. The molecule has 1 aliphatic carbocycles. The maximum atomic E-state index is 11.9. The predicted octanol–water partition coefficient (Wildman–Crippen LogP) is 2.95. The van der Waals surface area contributed by atoms with Gasteiger partial charge in [0.25, 0.3) is 0 Å². The van der Waals surface area contributed by atoms with Crippen LogP contribution in [0.2, 0.25) is 0 Å². The third kappa shape index (κ3) is 2.97. The van der Waals surface area contributed by atoms with Crippen LogP contribution in [0.3, 0.4) is 0 Å². The van der Waals surface area contributed by atoms with E-state index in [0.29, 0.717) is 6.54 Å². The number of aliphatic hydroxyl groups excluding tert-OH is 1. The van der Waals surface area contributed by atoms with Crippen LogP contribution in [-0.4, -0.2) is 37.1 Å². The van der Waals surface area contributed by atoms with Gasteiger partial charge in [-0.1, -0.05) is 12.1 Å². The van der Waals surface area contributed by atoms with E-state index < -0.39 is 12.2 Å². The Labute approximate surface area is 134 Å². The zero-order valence-electron chi connectivity index (χ0n) is 12.8. The van der Waals surface area contributed by atoms with Gasteiger partial charge in [-0.2, -0.15) is 0 Å². The number of benzene rings is 2. The van der Waals surface area contributed by atoms with Gasteiger partial charge in [0.1, 0.15) is 11.9 Å². The summed E-state index contributed by atoms with van der Waals surface area (Å²) in [7, 11) is 0. The molecular weight excluding hydrogens is 294 g/mol. The van der Waals surface area contributed by atoms with E-state index in [0.717, 1.165) is 34.7 Å². The lowest BCUT2D eigenvalue weighted by atomic mass is 10.1. The van der Waals surface area contributed by atoms with Crippen molar-refractivity contribution in [3.8, 4) is 5.75 Å². The molecule has 2 aliphatic rings. The van der Waals surface area contributed by atoms with E-state index >= 15 is 0 Å². The molecule has 2 fully saturated rings. The molecule has 120 valence electrons. The second-order valence-corrected chi connectivity index (χ2v) is 6.25. The van der Waals surface area contributed by atoms with E-state index in [-0.39, 0.29) is 6.61 Å². The Balaban J connectivity index is 1.55. The molecule has 4 rings (SSSR count). The summed E-state index contributed by atoms with van der Waals surface area (Å²) in [6.07, 6.45) is 1.69. The van der Waals surface area contributed by atoms with Crippen molar-refractivity contribution in [1.29, 1.82) is 0 Å². The van der Waals surface area contributed by atoms with Crippen molar-refractivity contribution < 1.29 is 19.4 Å². The number of amides is 1. The second-order valence-electron chi connectivity index (χ2n) is 6.25. The van der Waals surface area contributed by atoms with E-state index in [4.69, 9.17) is 14.6 Å².